The highest BCUT2D eigenvalue weighted by molar-refractivity contribution is 8.16. The van der Waals surface area contributed by atoms with Gasteiger partial charge in [0.2, 0.25) is 0 Å². The molecule has 2 aliphatic heterocycles. The number of aliphatic imine (C=N–C) groups is 2. The van der Waals surface area contributed by atoms with Gasteiger partial charge in [-0.15, -0.1) is 34.9 Å². The average Bonchev–Trinajstić information content (AvgIpc) is 3.79. The van der Waals surface area contributed by atoms with Crippen LogP contribution in [0.25, 0.3) is 0 Å². The van der Waals surface area contributed by atoms with Gasteiger partial charge in [-0.25, -0.2) is 9.78 Å². The highest BCUT2D eigenvalue weighted by Crippen LogP contribution is 2.45. The summed E-state index contributed by atoms with van der Waals surface area (Å²) in [6, 6.07) is 0. The number of nitrogens with zero attached hydrogens (tertiary/aromatic N) is 3. The topological polar surface area (TPSA) is 91.6 Å². The van der Waals surface area contributed by atoms with Crippen molar-refractivity contribution in [3.8, 4) is 0 Å². The van der Waals surface area contributed by atoms with Gasteiger partial charge in [0.1, 0.15) is 16.3 Å². The molecule has 0 amide bonds. The van der Waals surface area contributed by atoms with E-state index in [0.29, 0.717) is 18.1 Å². The van der Waals surface area contributed by atoms with Crippen molar-refractivity contribution in [3.05, 3.63) is 16.1 Å². The zero-order chi connectivity index (χ0) is 39.7. The summed E-state index contributed by atoms with van der Waals surface area (Å²) >= 11 is 4.98. The third-order valence-electron chi connectivity index (χ3n) is 12.1. The van der Waals surface area contributed by atoms with Gasteiger partial charge in [0.15, 0.2) is 22.2 Å². The second kappa shape index (κ2) is 17.3. The zero-order valence-corrected chi connectivity index (χ0v) is 40.1. The van der Waals surface area contributed by atoms with E-state index in [4.69, 9.17) is 33.3 Å². The number of thioether (sulfide) groups is 2. The Morgan fingerprint density at radius 2 is 1.46 bits per heavy atom. The van der Waals surface area contributed by atoms with Gasteiger partial charge >= 0.3 is 5.97 Å². The fourth-order valence-corrected chi connectivity index (χ4v) is 12.8. The lowest BCUT2D eigenvalue weighted by molar-refractivity contribution is -0.145. The number of rotatable bonds is 17. The standard InChI is InChI=1S/C39H71N3O5S3Si2/c1-19-20-25(2)31(46-51(15,16)36(5,6)7)27(4)32(47-52(17,18)37(8,9)10)26(3)29(44-13)21-30-40-28(22-48-30)33-41-38(11,23-49-33)34-42-39(12,24-50-34)35(43)45-14/h22,25-27,29,31-32H,19-21,23-24H2,1-18H3/t25-,26+,27+,29+,31+,32+,38-,39-/m1/s1. The van der Waals surface area contributed by atoms with Crippen molar-refractivity contribution in [1.29, 1.82) is 0 Å². The molecule has 52 heavy (non-hydrogen) atoms. The Labute approximate surface area is 331 Å². The molecule has 0 spiro atoms. The maximum Gasteiger partial charge on any atom is 0.334 e. The van der Waals surface area contributed by atoms with Gasteiger partial charge in [-0.05, 0) is 62.5 Å². The SMILES string of the molecule is CCC[C@@H](C)[C@H](O[Si](C)(C)C(C)(C)C)[C@H](C)[C@@H](O[Si](C)(C)C(C)(C)C)[C@@H](C)[C@H](Cc1nc(C2=N[C@@](C)(C3=N[C@@](C)(C(=O)OC)CS3)CS2)cs1)OC. The molecule has 0 radical (unpaired) electrons. The average molecular weight is 814 g/mol. The monoisotopic (exact) mass is 813 g/mol. The van der Waals surface area contributed by atoms with Gasteiger partial charge in [-0.1, -0.05) is 75.7 Å². The first kappa shape index (κ1) is 45.8. The van der Waals surface area contributed by atoms with E-state index in [1.807, 2.05) is 14.0 Å². The minimum Gasteiger partial charge on any atom is -0.467 e. The number of methoxy groups -OCH3 is 2. The first-order valence-electron chi connectivity index (χ1n) is 19.1. The molecule has 0 N–H and O–H groups in total. The van der Waals surface area contributed by atoms with Crippen LogP contribution >= 0.6 is 34.9 Å². The third kappa shape index (κ3) is 10.4. The Balaban J connectivity index is 1.93. The molecule has 0 fully saturated rings. The first-order chi connectivity index (χ1) is 23.8. The molecule has 8 atom stereocenters. The Kier molecular flexibility index (Phi) is 15.3. The van der Waals surface area contributed by atoms with Gasteiger partial charge in [-0.3, -0.25) is 9.98 Å². The number of hydrogen-bond acceptors (Lipinski definition) is 11. The summed E-state index contributed by atoms with van der Waals surface area (Å²) in [5.41, 5.74) is -0.463. The number of carbonyl (C=O) groups is 1. The van der Waals surface area contributed by atoms with Crippen molar-refractivity contribution in [1.82, 2.24) is 4.98 Å². The number of thiazole rings is 1. The summed E-state index contributed by atoms with van der Waals surface area (Å²) in [5, 5.41) is 5.14. The van der Waals surface area contributed by atoms with E-state index in [2.05, 4.69) is 108 Å². The Hall–Kier alpha value is -0.546. The van der Waals surface area contributed by atoms with Crippen LogP contribution < -0.4 is 0 Å². The van der Waals surface area contributed by atoms with Crippen molar-refractivity contribution >= 4 is 67.6 Å². The van der Waals surface area contributed by atoms with E-state index in [1.54, 1.807) is 34.9 Å². The van der Waals surface area contributed by atoms with Crippen LogP contribution in [0.1, 0.15) is 107 Å². The predicted octanol–water partition coefficient (Wildman–Crippen LogP) is 10.5. The lowest BCUT2D eigenvalue weighted by atomic mass is 9.80. The molecule has 0 unspecified atom stereocenters. The van der Waals surface area contributed by atoms with Crippen LogP contribution in [0.3, 0.4) is 0 Å². The van der Waals surface area contributed by atoms with Crippen LogP contribution in [0, 0.1) is 17.8 Å². The van der Waals surface area contributed by atoms with Gasteiger partial charge in [0.05, 0.1) is 35.5 Å². The molecule has 0 saturated heterocycles. The highest BCUT2D eigenvalue weighted by atomic mass is 32.2. The van der Waals surface area contributed by atoms with E-state index in [1.165, 1.54) is 7.11 Å². The fourth-order valence-electron chi connectivity index (χ4n) is 6.48. The number of hydrogen-bond donors (Lipinski definition) is 0. The quantitative estimate of drug-likeness (QED) is 0.113. The Morgan fingerprint density at radius 1 is 0.885 bits per heavy atom. The lowest BCUT2D eigenvalue weighted by Gasteiger charge is -2.48. The largest absolute Gasteiger partial charge is 0.467 e. The summed E-state index contributed by atoms with van der Waals surface area (Å²) in [5.74, 6) is 1.70. The maximum absolute atomic E-state index is 12.4. The molecule has 2 aliphatic rings. The summed E-state index contributed by atoms with van der Waals surface area (Å²) in [7, 11) is -0.979. The van der Waals surface area contributed by atoms with Crippen molar-refractivity contribution in [2.75, 3.05) is 25.7 Å². The van der Waals surface area contributed by atoms with Gasteiger partial charge in [0.25, 0.3) is 0 Å². The van der Waals surface area contributed by atoms with Crippen LogP contribution in [0.4, 0.5) is 0 Å². The molecule has 3 rings (SSSR count). The normalized spacial score (nSPS) is 25.3. The number of ether oxygens (including phenoxy) is 2. The van der Waals surface area contributed by atoms with E-state index in [9.17, 15) is 4.79 Å². The summed E-state index contributed by atoms with van der Waals surface area (Å²) in [4.78, 5) is 27.5. The Bertz CT molecular complexity index is 1440. The molecular formula is C39H71N3O5S3Si2. The number of carbonyl (C=O) groups excluding carboxylic acids is 1. The molecule has 0 aliphatic carbocycles. The lowest BCUT2D eigenvalue weighted by Crippen LogP contribution is -2.55. The van der Waals surface area contributed by atoms with Crippen LogP contribution in [-0.2, 0) is 29.5 Å². The van der Waals surface area contributed by atoms with Crippen LogP contribution in [0.15, 0.2) is 15.4 Å². The molecule has 0 bridgehead atoms. The second-order valence-corrected chi connectivity index (χ2v) is 31.1. The van der Waals surface area contributed by atoms with Crippen LogP contribution in [-0.4, -0.2) is 92.8 Å². The molecule has 13 heteroatoms. The molecule has 8 nitrogen and oxygen atoms in total. The summed E-state index contributed by atoms with van der Waals surface area (Å²) in [6.45, 7) is 36.7. The second-order valence-electron chi connectivity index (χ2n) is 18.7. The smallest absolute Gasteiger partial charge is 0.334 e. The molecule has 298 valence electrons. The maximum atomic E-state index is 12.4. The van der Waals surface area contributed by atoms with E-state index in [-0.39, 0.29) is 46.2 Å². The van der Waals surface area contributed by atoms with Gasteiger partial charge < -0.3 is 18.3 Å². The summed E-state index contributed by atoms with van der Waals surface area (Å²) < 4.78 is 26.2. The van der Waals surface area contributed by atoms with Crippen molar-refractivity contribution in [2.45, 2.75) is 168 Å². The number of esters is 1. The van der Waals surface area contributed by atoms with Crippen molar-refractivity contribution in [2.24, 2.45) is 27.7 Å². The van der Waals surface area contributed by atoms with E-state index >= 15 is 0 Å². The molecule has 1 aromatic heterocycles. The zero-order valence-electron chi connectivity index (χ0n) is 35.7. The van der Waals surface area contributed by atoms with Gasteiger partial charge in [0, 0.05) is 42.3 Å². The van der Waals surface area contributed by atoms with Crippen LogP contribution in [0.5, 0.6) is 0 Å². The Morgan fingerprint density at radius 3 is 1.98 bits per heavy atom. The minimum atomic E-state index is -2.16. The minimum absolute atomic E-state index is 0.0461. The van der Waals surface area contributed by atoms with E-state index < -0.39 is 27.7 Å². The van der Waals surface area contributed by atoms with E-state index in [0.717, 1.165) is 39.4 Å². The fraction of sp³-hybridized carbons (Fsp3) is 0.846. The molecular weight excluding hydrogens is 743 g/mol. The molecule has 1 aromatic rings. The van der Waals surface area contributed by atoms with Gasteiger partial charge in [-0.2, -0.15) is 0 Å². The van der Waals surface area contributed by atoms with Crippen molar-refractivity contribution < 1.29 is 23.1 Å². The molecule has 0 aromatic carbocycles. The molecule has 3 heterocycles. The number of aromatic nitrogens is 1. The third-order valence-corrected chi connectivity index (χ3v) is 24.7. The van der Waals surface area contributed by atoms with Crippen LogP contribution in [0.2, 0.25) is 36.3 Å². The summed E-state index contributed by atoms with van der Waals surface area (Å²) in [6.07, 6.45) is 2.90. The first-order valence-corrected chi connectivity index (χ1v) is 27.8. The molecule has 0 saturated carbocycles. The van der Waals surface area contributed by atoms with Crippen molar-refractivity contribution in [3.63, 3.8) is 0 Å². The highest BCUT2D eigenvalue weighted by Gasteiger charge is 2.49. The predicted molar refractivity (Wildman–Crippen MR) is 231 cm³/mol.